The fraction of sp³-hybridized carbons (Fsp3) is 0.385. The van der Waals surface area contributed by atoms with Gasteiger partial charge in [0.05, 0.1) is 22.9 Å². The third-order valence-corrected chi connectivity index (χ3v) is 7.92. The first-order valence-electron chi connectivity index (χ1n) is 12.3. The topological polar surface area (TPSA) is 90.3 Å². The molecule has 0 unspecified atom stereocenters. The summed E-state index contributed by atoms with van der Waals surface area (Å²) in [5.74, 6) is -4.43. The summed E-state index contributed by atoms with van der Waals surface area (Å²) in [4.78, 5) is 17.7. The van der Waals surface area contributed by atoms with E-state index in [1.807, 2.05) is 0 Å². The minimum Gasteiger partial charge on any atom is -0.382 e. The van der Waals surface area contributed by atoms with Gasteiger partial charge in [-0.1, -0.05) is 23.7 Å². The Bertz CT molecular complexity index is 1480. The number of carbonyl (C=O) groups excluding carboxylic acids is 1. The normalized spacial score (nSPS) is 16.1. The lowest BCUT2D eigenvalue weighted by Gasteiger charge is -2.28. The summed E-state index contributed by atoms with van der Waals surface area (Å²) in [5, 5.41) is 3.12. The second kappa shape index (κ2) is 11.4. The number of carbonyl (C=O) groups is 1. The summed E-state index contributed by atoms with van der Waals surface area (Å²) < 4.78 is 94.7. The van der Waals surface area contributed by atoms with Crippen molar-refractivity contribution in [1.82, 2.24) is 14.9 Å². The number of hydrogen-bond acceptors (Lipinski definition) is 5. The van der Waals surface area contributed by atoms with Crippen molar-refractivity contribution in [3.8, 4) is 22.8 Å². The number of hydrogen-bond donors (Lipinski definition) is 1. The third kappa shape index (κ3) is 7.30. The number of imidazole rings is 1. The average molecular weight is 606 g/mol. The molecule has 40 heavy (non-hydrogen) atoms. The molecule has 1 aliphatic rings. The van der Waals surface area contributed by atoms with Gasteiger partial charge in [0.25, 0.3) is 5.91 Å². The molecule has 1 N–H and O–H groups in total. The molecule has 0 aliphatic heterocycles. The van der Waals surface area contributed by atoms with E-state index in [1.54, 1.807) is 35.8 Å². The molecule has 4 rings (SSSR count). The number of aromatic nitrogens is 2. The Morgan fingerprint density at radius 1 is 1.12 bits per heavy atom. The largest absolute Gasteiger partial charge is 0.390 e. The van der Waals surface area contributed by atoms with Gasteiger partial charge in [0.1, 0.15) is 17.3 Å². The monoisotopic (exact) mass is 605 g/mol. The number of nitrogens with zero attached hydrogens (tertiary/aromatic N) is 2. The second-order valence-electron chi connectivity index (χ2n) is 9.49. The molecule has 0 spiro atoms. The smallest absolute Gasteiger partial charge is 0.382 e. The lowest BCUT2D eigenvalue weighted by atomic mass is 9.92. The van der Waals surface area contributed by atoms with Crippen molar-refractivity contribution in [3.63, 3.8) is 0 Å². The van der Waals surface area contributed by atoms with Crippen LogP contribution in [-0.4, -0.2) is 47.8 Å². The highest BCUT2D eigenvalue weighted by atomic mass is 35.5. The number of amides is 1. The molecule has 0 bridgehead atoms. The molecule has 1 heterocycles. The maximum absolute atomic E-state index is 13.5. The zero-order valence-corrected chi connectivity index (χ0v) is 22.7. The summed E-state index contributed by atoms with van der Waals surface area (Å²) in [6, 6.07) is 11.8. The quantitative estimate of drug-likeness (QED) is 0.235. The second-order valence-corrected chi connectivity index (χ2v) is 11.6. The van der Waals surface area contributed by atoms with Crippen molar-refractivity contribution in [3.05, 3.63) is 64.9 Å². The maximum Gasteiger partial charge on any atom is 0.390 e. The van der Waals surface area contributed by atoms with E-state index in [9.17, 15) is 35.2 Å². The molecule has 14 heteroatoms. The number of benzene rings is 2. The molecule has 0 radical (unpaired) electrons. The highest BCUT2D eigenvalue weighted by molar-refractivity contribution is 7.87. The van der Waals surface area contributed by atoms with E-state index in [0.717, 1.165) is 0 Å². The summed E-state index contributed by atoms with van der Waals surface area (Å²) in [6.45, 7) is 1.63. The molecule has 0 saturated heterocycles. The summed E-state index contributed by atoms with van der Waals surface area (Å²) in [5.41, 5.74) is 1.34. The first-order chi connectivity index (χ1) is 18.6. The Morgan fingerprint density at radius 3 is 2.35 bits per heavy atom. The van der Waals surface area contributed by atoms with E-state index >= 15 is 0 Å². The molecule has 3 aromatic rings. The number of nitrogens with one attached hydrogen (secondary N) is 1. The Balaban J connectivity index is 1.64. The van der Waals surface area contributed by atoms with E-state index in [4.69, 9.17) is 15.8 Å². The highest BCUT2D eigenvalue weighted by Gasteiger charge is 2.36. The Labute approximate surface area is 232 Å². The molecule has 2 aromatic carbocycles. The molecule has 1 fully saturated rings. The minimum absolute atomic E-state index is 0.0438. The van der Waals surface area contributed by atoms with Crippen LogP contribution in [0, 0.1) is 6.92 Å². The van der Waals surface area contributed by atoms with Crippen LogP contribution in [0.3, 0.4) is 0 Å². The summed E-state index contributed by atoms with van der Waals surface area (Å²) in [7, 11) is -4.50. The van der Waals surface area contributed by atoms with E-state index < -0.39 is 46.3 Å². The van der Waals surface area contributed by atoms with Gasteiger partial charge in [-0.15, -0.1) is 0 Å². The minimum atomic E-state index is -4.65. The predicted octanol–water partition coefficient (Wildman–Crippen LogP) is 6.47. The van der Waals surface area contributed by atoms with E-state index in [2.05, 4.69) is 10.3 Å². The maximum atomic E-state index is 13.5. The number of rotatable bonds is 8. The van der Waals surface area contributed by atoms with E-state index in [-0.39, 0.29) is 43.0 Å². The van der Waals surface area contributed by atoms with E-state index in [1.165, 1.54) is 24.3 Å². The molecule has 1 aliphatic carbocycles. The van der Waals surface area contributed by atoms with Crippen LogP contribution in [0.15, 0.2) is 48.5 Å². The van der Waals surface area contributed by atoms with Crippen molar-refractivity contribution in [2.24, 2.45) is 0 Å². The van der Waals surface area contributed by atoms with Gasteiger partial charge in [0.2, 0.25) is 5.92 Å². The first-order valence-corrected chi connectivity index (χ1v) is 14.2. The molecule has 1 aromatic heterocycles. The van der Waals surface area contributed by atoms with Crippen LogP contribution >= 0.6 is 11.6 Å². The third-order valence-electron chi connectivity index (χ3n) is 6.44. The fourth-order valence-electron chi connectivity index (χ4n) is 4.37. The molecular weight excluding hydrogens is 581 g/mol. The van der Waals surface area contributed by atoms with Crippen molar-refractivity contribution in [1.29, 1.82) is 0 Å². The van der Waals surface area contributed by atoms with Crippen molar-refractivity contribution >= 4 is 27.6 Å². The molecule has 216 valence electrons. The molecular formula is C26H25ClF5N3O4S. The van der Waals surface area contributed by atoms with Gasteiger partial charge in [-0.2, -0.15) is 21.6 Å². The first kappa shape index (κ1) is 29.8. The Kier molecular flexibility index (Phi) is 8.46. The van der Waals surface area contributed by atoms with Gasteiger partial charge in [-0.05, 0) is 56.2 Å². The van der Waals surface area contributed by atoms with Crippen LogP contribution in [0.2, 0.25) is 5.02 Å². The van der Waals surface area contributed by atoms with Crippen LogP contribution in [0.1, 0.15) is 48.3 Å². The predicted molar refractivity (Wildman–Crippen MR) is 139 cm³/mol. The lowest BCUT2D eigenvalue weighted by molar-refractivity contribution is -0.130. The summed E-state index contributed by atoms with van der Waals surface area (Å²) in [6.07, 6.45) is -6.59. The van der Waals surface area contributed by atoms with Gasteiger partial charge in [0.15, 0.2) is 0 Å². The standard InChI is InChI=1S/C26H25ClF5N3O4S/c1-16-22(24(36)33-17-10-12-25(28,29)13-11-17)34-23(20-4-2-3-5-21(20)27)35(16)18-6-8-19(9-7-18)39-40(37,38)15-14-26(30,31)32/h2-9,17H,10-15H2,1H3,(H,33,36). The highest BCUT2D eigenvalue weighted by Crippen LogP contribution is 2.34. The van der Waals surface area contributed by atoms with Crippen LogP contribution in [0.5, 0.6) is 5.75 Å². The van der Waals surface area contributed by atoms with Crippen LogP contribution in [0.25, 0.3) is 17.1 Å². The van der Waals surface area contributed by atoms with Crippen LogP contribution in [0.4, 0.5) is 22.0 Å². The van der Waals surface area contributed by atoms with Crippen molar-refractivity contribution in [2.75, 3.05) is 5.75 Å². The van der Waals surface area contributed by atoms with Crippen LogP contribution < -0.4 is 9.50 Å². The molecule has 0 atom stereocenters. The van der Waals surface area contributed by atoms with Gasteiger partial charge < -0.3 is 9.50 Å². The van der Waals surface area contributed by atoms with Gasteiger partial charge in [0, 0.05) is 30.1 Å². The lowest BCUT2D eigenvalue weighted by Crippen LogP contribution is -2.40. The zero-order chi connectivity index (χ0) is 29.3. The van der Waals surface area contributed by atoms with Crippen LogP contribution in [-0.2, 0) is 10.1 Å². The number of alkyl halides is 5. The van der Waals surface area contributed by atoms with Gasteiger partial charge >= 0.3 is 16.3 Å². The SMILES string of the molecule is Cc1c(C(=O)NC2CCC(F)(F)CC2)nc(-c2ccccc2Cl)n1-c1ccc(OS(=O)(=O)CCC(F)(F)F)cc1. The van der Waals surface area contributed by atoms with E-state index in [0.29, 0.717) is 22.0 Å². The Morgan fingerprint density at radius 2 is 1.75 bits per heavy atom. The Hall–Kier alpha value is -3.19. The summed E-state index contributed by atoms with van der Waals surface area (Å²) >= 11 is 6.41. The van der Waals surface area contributed by atoms with Gasteiger partial charge in [-0.3, -0.25) is 9.36 Å². The van der Waals surface area contributed by atoms with Crippen molar-refractivity contribution in [2.45, 2.75) is 57.2 Å². The molecule has 1 amide bonds. The molecule has 7 nitrogen and oxygen atoms in total. The van der Waals surface area contributed by atoms with Crippen molar-refractivity contribution < 1.29 is 39.3 Å². The molecule has 1 saturated carbocycles. The number of halogens is 6. The van der Waals surface area contributed by atoms with Gasteiger partial charge in [-0.25, -0.2) is 13.8 Å². The zero-order valence-electron chi connectivity index (χ0n) is 21.1. The fourth-order valence-corrected chi connectivity index (χ4v) is 5.56. The average Bonchev–Trinajstić information content (AvgIpc) is 3.21.